The standard InChI is InChI=1S/C17H29N3O2S.HI/c1-3-18-17(19-14-16-6-4-13-23-16)20-9-7-15(8-10-20)22-12-5-11-21-2;/h4,6,13,15H,3,5,7-12,14H2,1-2H3,(H,18,19);1H. The van der Waals surface area contributed by atoms with Gasteiger partial charge in [-0.05, 0) is 37.6 Å². The molecule has 5 nitrogen and oxygen atoms in total. The Hall–Kier alpha value is -0.380. The molecule has 0 amide bonds. The Balaban J connectivity index is 0.00000288. The molecule has 2 rings (SSSR count). The van der Waals surface area contributed by atoms with Gasteiger partial charge in [0.05, 0.1) is 12.6 Å². The van der Waals surface area contributed by atoms with Crippen molar-refractivity contribution in [1.82, 2.24) is 10.2 Å². The fourth-order valence-corrected chi connectivity index (χ4v) is 3.30. The highest BCUT2D eigenvalue weighted by atomic mass is 127. The van der Waals surface area contributed by atoms with Gasteiger partial charge in [-0.25, -0.2) is 4.99 Å². The fraction of sp³-hybridized carbons (Fsp3) is 0.706. The number of piperidine rings is 1. The number of nitrogens with zero attached hydrogens (tertiary/aromatic N) is 2. The number of methoxy groups -OCH3 is 1. The first kappa shape index (κ1) is 21.7. The molecule has 1 aromatic heterocycles. The van der Waals surface area contributed by atoms with Gasteiger partial charge in [-0.3, -0.25) is 0 Å². The summed E-state index contributed by atoms with van der Waals surface area (Å²) < 4.78 is 11.0. The summed E-state index contributed by atoms with van der Waals surface area (Å²) in [5.74, 6) is 1.03. The minimum atomic E-state index is 0. The van der Waals surface area contributed by atoms with Crippen LogP contribution in [0.15, 0.2) is 22.5 Å². The lowest BCUT2D eigenvalue weighted by atomic mass is 10.1. The molecule has 2 heterocycles. The maximum Gasteiger partial charge on any atom is 0.194 e. The van der Waals surface area contributed by atoms with Gasteiger partial charge in [-0.1, -0.05) is 6.07 Å². The average Bonchev–Trinajstić information content (AvgIpc) is 3.10. The van der Waals surface area contributed by atoms with Crippen LogP contribution in [0.4, 0.5) is 0 Å². The van der Waals surface area contributed by atoms with E-state index in [0.29, 0.717) is 6.10 Å². The number of aliphatic imine (C=N–C) groups is 1. The zero-order valence-corrected chi connectivity index (χ0v) is 17.8. The van der Waals surface area contributed by atoms with E-state index in [9.17, 15) is 0 Å². The number of ether oxygens (including phenoxy) is 2. The number of rotatable bonds is 8. The molecule has 0 saturated carbocycles. The topological polar surface area (TPSA) is 46.1 Å². The summed E-state index contributed by atoms with van der Waals surface area (Å²) in [7, 11) is 1.73. The van der Waals surface area contributed by atoms with Gasteiger partial charge in [0.25, 0.3) is 0 Å². The molecule has 7 heteroatoms. The van der Waals surface area contributed by atoms with E-state index < -0.39 is 0 Å². The van der Waals surface area contributed by atoms with E-state index in [2.05, 4.69) is 34.7 Å². The average molecular weight is 467 g/mol. The van der Waals surface area contributed by atoms with Gasteiger partial charge in [-0.2, -0.15) is 0 Å². The molecule has 24 heavy (non-hydrogen) atoms. The van der Waals surface area contributed by atoms with Crippen molar-refractivity contribution in [2.75, 3.05) is 40.0 Å². The molecule has 1 aliphatic rings. The molecule has 0 atom stereocenters. The SMILES string of the molecule is CCNC(=NCc1cccs1)N1CCC(OCCCOC)CC1.I. The van der Waals surface area contributed by atoms with Crippen molar-refractivity contribution >= 4 is 41.3 Å². The van der Waals surface area contributed by atoms with Crippen LogP contribution in [-0.4, -0.2) is 56.9 Å². The summed E-state index contributed by atoms with van der Waals surface area (Å²) in [6.07, 6.45) is 3.48. The van der Waals surface area contributed by atoms with Crippen molar-refractivity contribution < 1.29 is 9.47 Å². The molecule has 0 aliphatic carbocycles. The number of halogens is 1. The summed E-state index contributed by atoms with van der Waals surface area (Å²) in [6, 6.07) is 4.21. The van der Waals surface area contributed by atoms with E-state index >= 15 is 0 Å². The zero-order chi connectivity index (χ0) is 16.3. The zero-order valence-electron chi connectivity index (χ0n) is 14.7. The lowest BCUT2D eigenvalue weighted by molar-refractivity contribution is 0.00990. The Kier molecular flexibility index (Phi) is 11.7. The van der Waals surface area contributed by atoms with E-state index in [0.717, 1.165) is 64.6 Å². The summed E-state index contributed by atoms with van der Waals surface area (Å²) >= 11 is 1.76. The van der Waals surface area contributed by atoms with Crippen molar-refractivity contribution in [2.24, 2.45) is 4.99 Å². The van der Waals surface area contributed by atoms with Gasteiger partial charge in [0.15, 0.2) is 5.96 Å². The highest BCUT2D eigenvalue weighted by Gasteiger charge is 2.21. The molecular weight excluding hydrogens is 437 g/mol. The van der Waals surface area contributed by atoms with Crippen LogP contribution < -0.4 is 5.32 Å². The van der Waals surface area contributed by atoms with Crippen LogP contribution in [0, 0.1) is 0 Å². The molecule has 1 aromatic rings. The van der Waals surface area contributed by atoms with Crippen LogP contribution in [-0.2, 0) is 16.0 Å². The predicted octanol–water partition coefficient (Wildman–Crippen LogP) is 3.35. The van der Waals surface area contributed by atoms with Crippen molar-refractivity contribution in [1.29, 1.82) is 0 Å². The lowest BCUT2D eigenvalue weighted by Crippen LogP contribution is -2.47. The Morgan fingerprint density at radius 1 is 1.38 bits per heavy atom. The minimum Gasteiger partial charge on any atom is -0.385 e. The number of hydrogen-bond acceptors (Lipinski definition) is 4. The molecule has 138 valence electrons. The third-order valence-corrected chi connectivity index (χ3v) is 4.75. The van der Waals surface area contributed by atoms with Crippen molar-refractivity contribution in [2.45, 2.75) is 38.8 Å². The van der Waals surface area contributed by atoms with Crippen molar-refractivity contribution in [3.8, 4) is 0 Å². The quantitative estimate of drug-likeness (QED) is 0.276. The summed E-state index contributed by atoms with van der Waals surface area (Å²) in [5, 5.41) is 5.51. The van der Waals surface area contributed by atoms with Crippen LogP contribution in [0.25, 0.3) is 0 Å². The van der Waals surface area contributed by atoms with E-state index in [4.69, 9.17) is 14.5 Å². The maximum absolute atomic E-state index is 5.93. The number of guanidine groups is 1. The molecular formula is C17H30IN3O2S. The monoisotopic (exact) mass is 467 g/mol. The van der Waals surface area contributed by atoms with Crippen molar-refractivity contribution in [3.63, 3.8) is 0 Å². The van der Waals surface area contributed by atoms with Gasteiger partial charge < -0.3 is 19.7 Å². The fourth-order valence-electron chi connectivity index (χ4n) is 2.67. The second-order valence-electron chi connectivity index (χ2n) is 5.65. The third kappa shape index (κ3) is 7.67. The first-order chi connectivity index (χ1) is 11.3. The second-order valence-corrected chi connectivity index (χ2v) is 6.69. The van der Waals surface area contributed by atoms with Gasteiger partial charge in [0, 0.05) is 44.8 Å². The number of likely N-dealkylation sites (tertiary alicyclic amines) is 1. The van der Waals surface area contributed by atoms with Crippen LogP contribution in [0.1, 0.15) is 31.1 Å². The maximum atomic E-state index is 5.93. The van der Waals surface area contributed by atoms with Crippen LogP contribution in [0.5, 0.6) is 0 Å². The normalized spacial score (nSPS) is 16.1. The van der Waals surface area contributed by atoms with Gasteiger partial charge >= 0.3 is 0 Å². The minimum absolute atomic E-state index is 0. The van der Waals surface area contributed by atoms with Crippen LogP contribution >= 0.6 is 35.3 Å². The second kappa shape index (κ2) is 12.9. The molecule has 0 bridgehead atoms. The van der Waals surface area contributed by atoms with Gasteiger partial charge in [-0.15, -0.1) is 35.3 Å². The Labute approximate surface area is 166 Å². The lowest BCUT2D eigenvalue weighted by Gasteiger charge is -2.34. The number of hydrogen-bond donors (Lipinski definition) is 1. The molecule has 0 aromatic carbocycles. The Bertz CT molecular complexity index is 449. The van der Waals surface area contributed by atoms with E-state index in [1.54, 1.807) is 18.4 Å². The summed E-state index contributed by atoms with van der Waals surface area (Å²) in [5.41, 5.74) is 0. The first-order valence-corrected chi connectivity index (χ1v) is 9.37. The van der Waals surface area contributed by atoms with E-state index in [-0.39, 0.29) is 24.0 Å². The highest BCUT2D eigenvalue weighted by Crippen LogP contribution is 2.15. The van der Waals surface area contributed by atoms with E-state index in [1.807, 2.05) is 0 Å². The largest absolute Gasteiger partial charge is 0.385 e. The molecule has 0 unspecified atom stereocenters. The number of thiophene rings is 1. The Morgan fingerprint density at radius 2 is 2.17 bits per heavy atom. The molecule has 1 aliphatic heterocycles. The third-order valence-electron chi connectivity index (χ3n) is 3.89. The molecule has 1 fully saturated rings. The Morgan fingerprint density at radius 3 is 2.79 bits per heavy atom. The van der Waals surface area contributed by atoms with Gasteiger partial charge in [0.1, 0.15) is 0 Å². The first-order valence-electron chi connectivity index (χ1n) is 8.49. The molecule has 1 saturated heterocycles. The van der Waals surface area contributed by atoms with Crippen LogP contribution in [0.2, 0.25) is 0 Å². The molecule has 0 radical (unpaired) electrons. The molecule has 0 spiro atoms. The van der Waals surface area contributed by atoms with E-state index in [1.165, 1.54) is 4.88 Å². The predicted molar refractivity (Wildman–Crippen MR) is 112 cm³/mol. The van der Waals surface area contributed by atoms with Gasteiger partial charge in [0.2, 0.25) is 0 Å². The van der Waals surface area contributed by atoms with Crippen LogP contribution in [0.3, 0.4) is 0 Å². The number of nitrogens with one attached hydrogen (secondary N) is 1. The highest BCUT2D eigenvalue weighted by molar-refractivity contribution is 14.0. The molecule has 1 N–H and O–H groups in total. The summed E-state index contributed by atoms with van der Waals surface area (Å²) in [4.78, 5) is 8.43. The van der Waals surface area contributed by atoms with Crippen molar-refractivity contribution in [3.05, 3.63) is 22.4 Å². The summed E-state index contributed by atoms with van der Waals surface area (Å²) in [6.45, 7) is 7.36. The smallest absolute Gasteiger partial charge is 0.194 e.